The number of sulfonamides is 1. The molecule has 0 radical (unpaired) electrons. The van der Waals surface area contributed by atoms with E-state index in [1.165, 1.54) is 6.07 Å². The van der Waals surface area contributed by atoms with Crippen LogP contribution < -0.4 is 15.7 Å². The minimum Gasteiger partial charge on any atom is -0.423 e. The molecule has 1 aliphatic carbocycles. The highest BCUT2D eigenvalue weighted by Crippen LogP contribution is 2.29. The lowest BCUT2D eigenvalue weighted by atomic mass is 9.86. The molecule has 1 heterocycles. The summed E-state index contributed by atoms with van der Waals surface area (Å²) in [7, 11) is -3.30. The van der Waals surface area contributed by atoms with Crippen LogP contribution in [-0.2, 0) is 14.8 Å². The Kier molecular flexibility index (Phi) is 5.90. The number of hydrogen-bond donors (Lipinski definition) is 2. The predicted octanol–water partition coefficient (Wildman–Crippen LogP) is 2.93. The van der Waals surface area contributed by atoms with Gasteiger partial charge in [-0.1, -0.05) is 0 Å². The van der Waals surface area contributed by atoms with Gasteiger partial charge in [0.25, 0.3) is 0 Å². The molecule has 8 heteroatoms. The summed E-state index contributed by atoms with van der Waals surface area (Å²) in [6.07, 6.45) is 2.56. The van der Waals surface area contributed by atoms with Crippen LogP contribution in [-0.4, -0.2) is 25.6 Å². The zero-order chi connectivity index (χ0) is 20.5. The molecule has 3 rings (SSSR count). The van der Waals surface area contributed by atoms with Crippen LogP contribution in [0, 0.1) is 12.8 Å². The Morgan fingerprint density at radius 2 is 1.79 bits per heavy atom. The molecular formula is C20H26N2O5S. The third-order valence-corrected chi connectivity index (χ3v) is 7.28. The summed E-state index contributed by atoms with van der Waals surface area (Å²) in [6.45, 7) is 5.17. The lowest BCUT2D eigenvalue weighted by molar-refractivity contribution is -0.120. The molecule has 1 aromatic carbocycles. The van der Waals surface area contributed by atoms with Gasteiger partial charge in [-0.2, -0.15) is 0 Å². The average Bonchev–Trinajstić information content (AvgIpc) is 2.64. The van der Waals surface area contributed by atoms with Crippen molar-refractivity contribution in [2.45, 2.75) is 57.7 Å². The van der Waals surface area contributed by atoms with Gasteiger partial charge in [0.05, 0.1) is 5.25 Å². The van der Waals surface area contributed by atoms with E-state index in [1.807, 2.05) is 6.92 Å². The summed E-state index contributed by atoms with van der Waals surface area (Å²) >= 11 is 0. The Bertz CT molecular complexity index is 1030. The second-order valence-corrected chi connectivity index (χ2v) is 9.92. The fourth-order valence-corrected chi connectivity index (χ4v) is 4.48. The molecule has 0 aliphatic heterocycles. The highest BCUT2D eigenvalue weighted by Gasteiger charge is 2.29. The van der Waals surface area contributed by atoms with Gasteiger partial charge in [0, 0.05) is 29.1 Å². The highest BCUT2D eigenvalue weighted by atomic mass is 32.2. The molecule has 7 nitrogen and oxygen atoms in total. The van der Waals surface area contributed by atoms with Crippen molar-refractivity contribution in [1.29, 1.82) is 0 Å². The molecular weight excluding hydrogens is 380 g/mol. The van der Waals surface area contributed by atoms with Gasteiger partial charge in [0.2, 0.25) is 15.9 Å². The van der Waals surface area contributed by atoms with Gasteiger partial charge in [-0.25, -0.2) is 17.9 Å². The van der Waals surface area contributed by atoms with E-state index >= 15 is 0 Å². The van der Waals surface area contributed by atoms with Crippen LogP contribution in [0.1, 0.15) is 45.1 Å². The summed E-state index contributed by atoms with van der Waals surface area (Å²) in [5, 5.41) is 3.29. The van der Waals surface area contributed by atoms with Gasteiger partial charge < -0.3 is 9.73 Å². The fraction of sp³-hybridized carbons (Fsp3) is 0.500. The third-order valence-electron chi connectivity index (χ3n) is 5.38. The van der Waals surface area contributed by atoms with Crippen LogP contribution in [0.25, 0.3) is 11.0 Å². The van der Waals surface area contributed by atoms with Crippen molar-refractivity contribution in [3.05, 3.63) is 40.2 Å². The van der Waals surface area contributed by atoms with E-state index in [4.69, 9.17) is 4.42 Å². The number of carbonyl (C=O) groups is 1. The molecule has 1 saturated carbocycles. The monoisotopic (exact) mass is 406 g/mol. The molecule has 2 N–H and O–H groups in total. The van der Waals surface area contributed by atoms with Crippen molar-refractivity contribution in [2.75, 3.05) is 5.32 Å². The first kappa shape index (κ1) is 20.5. The number of carbonyl (C=O) groups excluding carboxylic acids is 1. The van der Waals surface area contributed by atoms with Crippen LogP contribution in [0.3, 0.4) is 0 Å². The minimum atomic E-state index is -3.30. The van der Waals surface area contributed by atoms with E-state index in [0.717, 1.165) is 10.9 Å². The maximum Gasteiger partial charge on any atom is 0.336 e. The van der Waals surface area contributed by atoms with Crippen LogP contribution >= 0.6 is 0 Å². The second kappa shape index (κ2) is 8.05. The summed E-state index contributed by atoms with van der Waals surface area (Å²) in [6, 6.07) is 6.36. The van der Waals surface area contributed by atoms with Gasteiger partial charge in [0.15, 0.2) is 0 Å². The fourth-order valence-electron chi connectivity index (χ4n) is 3.51. The number of aryl methyl sites for hydroxylation is 1. The largest absolute Gasteiger partial charge is 0.423 e. The van der Waals surface area contributed by atoms with Crippen molar-refractivity contribution in [2.24, 2.45) is 5.92 Å². The molecule has 152 valence electrons. The zero-order valence-electron chi connectivity index (χ0n) is 16.3. The standard InChI is InChI=1S/C20H26N2O5S/c1-12(2)28(25,26)22-15-6-4-14(5-7-15)20(24)21-17-9-10-18-16(13(17)3)8-11-19(23)27-18/h8-12,14-15,22H,4-7H2,1-3H3,(H,21,24). The first-order chi connectivity index (χ1) is 13.2. The number of anilines is 1. The molecule has 2 aromatic rings. The van der Waals surface area contributed by atoms with Crippen molar-refractivity contribution >= 4 is 32.6 Å². The Labute approximate surface area is 164 Å². The van der Waals surface area contributed by atoms with E-state index in [0.29, 0.717) is 37.0 Å². The van der Waals surface area contributed by atoms with Gasteiger partial charge in [-0.05, 0) is 70.2 Å². The van der Waals surface area contributed by atoms with E-state index < -0.39 is 20.9 Å². The van der Waals surface area contributed by atoms with E-state index in [1.54, 1.807) is 32.0 Å². The van der Waals surface area contributed by atoms with Crippen molar-refractivity contribution in [3.8, 4) is 0 Å². The lowest BCUT2D eigenvalue weighted by Gasteiger charge is -2.29. The van der Waals surface area contributed by atoms with Crippen molar-refractivity contribution in [3.63, 3.8) is 0 Å². The Balaban J connectivity index is 1.64. The van der Waals surface area contributed by atoms with Crippen molar-refractivity contribution < 1.29 is 17.6 Å². The second-order valence-electron chi connectivity index (χ2n) is 7.65. The smallest absolute Gasteiger partial charge is 0.336 e. The Morgan fingerprint density at radius 1 is 1.11 bits per heavy atom. The number of fused-ring (bicyclic) bond motifs is 1. The molecule has 0 saturated heterocycles. The predicted molar refractivity (Wildman–Crippen MR) is 109 cm³/mol. The molecule has 0 unspecified atom stereocenters. The molecule has 0 spiro atoms. The number of benzene rings is 1. The minimum absolute atomic E-state index is 0.0648. The molecule has 1 aliphatic rings. The SMILES string of the molecule is Cc1c(NC(=O)C2CCC(NS(=O)(=O)C(C)C)CC2)ccc2oc(=O)ccc12. The van der Waals surface area contributed by atoms with Crippen LogP contribution in [0.4, 0.5) is 5.69 Å². The maximum atomic E-state index is 12.7. The summed E-state index contributed by atoms with van der Waals surface area (Å²) in [4.78, 5) is 24.0. The third kappa shape index (κ3) is 4.44. The van der Waals surface area contributed by atoms with E-state index in [9.17, 15) is 18.0 Å². The average molecular weight is 407 g/mol. The van der Waals surface area contributed by atoms with Gasteiger partial charge in [-0.3, -0.25) is 4.79 Å². The van der Waals surface area contributed by atoms with Crippen LogP contribution in [0.5, 0.6) is 0 Å². The first-order valence-corrected chi connectivity index (χ1v) is 11.1. The van der Waals surface area contributed by atoms with Gasteiger partial charge in [-0.15, -0.1) is 0 Å². The molecule has 1 fully saturated rings. The van der Waals surface area contributed by atoms with Crippen LogP contribution in [0.2, 0.25) is 0 Å². The number of amides is 1. The highest BCUT2D eigenvalue weighted by molar-refractivity contribution is 7.90. The normalized spacial score (nSPS) is 20.4. The molecule has 0 bridgehead atoms. The van der Waals surface area contributed by atoms with E-state index in [2.05, 4.69) is 10.0 Å². The number of rotatable bonds is 5. The zero-order valence-corrected chi connectivity index (χ0v) is 17.1. The maximum absolute atomic E-state index is 12.7. The number of nitrogens with one attached hydrogen (secondary N) is 2. The molecule has 0 atom stereocenters. The summed E-state index contributed by atoms with van der Waals surface area (Å²) < 4.78 is 31.9. The summed E-state index contributed by atoms with van der Waals surface area (Å²) in [5.41, 5.74) is 1.61. The topological polar surface area (TPSA) is 105 Å². The van der Waals surface area contributed by atoms with Crippen LogP contribution in [0.15, 0.2) is 33.5 Å². The molecule has 28 heavy (non-hydrogen) atoms. The lowest BCUT2D eigenvalue weighted by Crippen LogP contribution is -2.42. The Hall–Kier alpha value is -2.19. The van der Waals surface area contributed by atoms with Gasteiger partial charge >= 0.3 is 5.63 Å². The van der Waals surface area contributed by atoms with Crippen molar-refractivity contribution in [1.82, 2.24) is 4.72 Å². The van der Waals surface area contributed by atoms with E-state index in [-0.39, 0.29) is 17.9 Å². The van der Waals surface area contributed by atoms with Gasteiger partial charge in [0.1, 0.15) is 5.58 Å². The quantitative estimate of drug-likeness (QED) is 0.743. The first-order valence-electron chi connectivity index (χ1n) is 9.53. The molecule has 1 amide bonds. The number of hydrogen-bond acceptors (Lipinski definition) is 5. The Morgan fingerprint density at radius 3 is 2.43 bits per heavy atom. The summed E-state index contributed by atoms with van der Waals surface area (Å²) in [5.74, 6) is -0.214. The molecule has 1 aromatic heterocycles.